The molecule has 0 amide bonds. The van der Waals surface area contributed by atoms with E-state index in [9.17, 15) is 4.79 Å². The molecule has 0 radical (unpaired) electrons. The van der Waals surface area contributed by atoms with Crippen LogP contribution in [0, 0.1) is 17.8 Å². The number of carbonyl (C=O) groups is 1. The summed E-state index contributed by atoms with van der Waals surface area (Å²) in [7, 11) is 0. The molecule has 0 spiro atoms. The van der Waals surface area contributed by atoms with Crippen molar-refractivity contribution in [3.8, 4) is 0 Å². The van der Waals surface area contributed by atoms with Gasteiger partial charge in [0, 0.05) is 17.9 Å². The molecule has 0 aromatic heterocycles. The van der Waals surface area contributed by atoms with Crippen LogP contribution in [-0.2, 0) is 4.79 Å². The summed E-state index contributed by atoms with van der Waals surface area (Å²) in [6, 6.07) is 0.488. The molecule has 2 atom stereocenters. The highest BCUT2D eigenvalue weighted by Crippen LogP contribution is 2.35. The SMILES string of the molecule is C=C(C(C)C)[C@H]1CCN(C(C)C)[C@@H]1C(=O)C(C)C. The number of rotatable bonds is 5. The van der Waals surface area contributed by atoms with E-state index in [0.717, 1.165) is 13.0 Å². The molecule has 104 valence electrons. The Bertz CT molecular complexity index is 317. The van der Waals surface area contributed by atoms with Crippen LogP contribution in [-0.4, -0.2) is 29.3 Å². The lowest BCUT2D eigenvalue weighted by Crippen LogP contribution is -2.45. The van der Waals surface area contributed by atoms with Gasteiger partial charge in [-0.1, -0.05) is 39.8 Å². The zero-order valence-corrected chi connectivity index (χ0v) is 12.9. The van der Waals surface area contributed by atoms with Crippen molar-refractivity contribution in [2.75, 3.05) is 6.54 Å². The summed E-state index contributed by atoms with van der Waals surface area (Å²) in [6.07, 6.45) is 1.08. The van der Waals surface area contributed by atoms with Crippen molar-refractivity contribution in [2.24, 2.45) is 17.8 Å². The third kappa shape index (κ3) is 3.03. The molecule has 0 saturated carbocycles. The van der Waals surface area contributed by atoms with Gasteiger partial charge in [-0.05, 0) is 32.7 Å². The predicted octanol–water partition coefficient (Wildman–Crippen LogP) is 3.52. The van der Waals surface area contributed by atoms with E-state index >= 15 is 0 Å². The maximum atomic E-state index is 12.5. The molecule has 2 heteroatoms. The van der Waals surface area contributed by atoms with Crippen LogP contribution in [0.3, 0.4) is 0 Å². The highest BCUT2D eigenvalue weighted by atomic mass is 16.1. The maximum Gasteiger partial charge on any atom is 0.153 e. The summed E-state index contributed by atoms with van der Waals surface area (Å²) in [5.74, 6) is 1.30. The molecule has 0 bridgehead atoms. The van der Waals surface area contributed by atoms with Gasteiger partial charge in [-0.25, -0.2) is 0 Å². The third-order valence-corrected chi connectivity index (χ3v) is 4.18. The summed E-state index contributed by atoms with van der Waals surface area (Å²) in [4.78, 5) is 14.9. The number of ketones is 1. The molecule has 0 aromatic carbocycles. The fraction of sp³-hybridized carbons (Fsp3) is 0.812. The van der Waals surface area contributed by atoms with Crippen LogP contribution < -0.4 is 0 Å². The van der Waals surface area contributed by atoms with E-state index in [1.54, 1.807) is 0 Å². The molecule has 0 aliphatic carbocycles. The van der Waals surface area contributed by atoms with Crippen molar-refractivity contribution in [3.63, 3.8) is 0 Å². The lowest BCUT2D eigenvalue weighted by Gasteiger charge is -2.32. The molecule has 0 aromatic rings. The van der Waals surface area contributed by atoms with E-state index in [2.05, 4.69) is 39.2 Å². The predicted molar refractivity (Wildman–Crippen MR) is 77.6 cm³/mol. The fourth-order valence-corrected chi connectivity index (χ4v) is 2.92. The van der Waals surface area contributed by atoms with Gasteiger partial charge in [0.25, 0.3) is 0 Å². The van der Waals surface area contributed by atoms with Gasteiger partial charge in [0.1, 0.15) is 0 Å². The Morgan fingerprint density at radius 3 is 2.06 bits per heavy atom. The Morgan fingerprint density at radius 2 is 1.67 bits per heavy atom. The number of nitrogens with zero attached hydrogens (tertiary/aromatic N) is 1. The highest BCUT2D eigenvalue weighted by Gasteiger charge is 2.42. The van der Waals surface area contributed by atoms with Crippen LogP contribution in [0.5, 0.6) is 0 Å². The van der Waals surface area contributed by atoms with E-state index in [0.29, 0.717) is 23.7 Å². The largest absolute Gasteiger partial charge is 0.298 e. The first-order valence-electron chi connectivity index (χ1n) is 7.25. The monoisotopic (exact) mass is 251 g/mol. The Labute approximate surface area is 112 Å². The molecular formula is C16H29NO. The van der Waals surface area contributed by atoms with Crippen LogP contribution in [0.2, 0.25) is 0 Å². The minimum atomic E-state index is 0.0555. The average Bonchev–Trinajstić information content (AvgIpc) is 2.70. The Balaban J connectivity index is 2.98. The quantitative estimate of drug-likeness (QED) is 0.697. The van der Waals surface area contributed by atoms with Gasteiger partial charge in [0.05, 0.1) is 6.04 Å². The van der Waals surface area contributed by atoms with Gasteiger partial charge in [-0.3, -0.25) is 9.69 Å². The van der Waals surface area contributed by atoms with Crippen molar-refractivity contribution in [1.29, 1.82) is 0 Å². The molecular weight excluding hydrogens is 222 g/mol. The standard InChI is InChI=1S/C16H29NO/c1-10(2)13(7)14-8-9-17(12(5)6)15(14)16(18)11(3)4/h10-12,14-15H,7-9H2,1-6H3/t14-,15+/m1/s1. The molecule has 0 N–H and O–H groups in total. The minimum absolute atomic E-state index is 0.0555. The molecule has 0 unspecified atom stereocenters. The number of hydrogen-bond acceptors (Lipinski definition) is 2. The van der Waals surface area contributed by atoms with Gasteiger partial charge >= 0.3 is 0 Å². The molecule has 1 aliphatic heterocycles. The summed E-state index contributed by atoms with van der Waals surface area (Å²) >= 11 is 0. The average molecular weight is 251 g/mol. The smallest absolute Gasteiger partial charge is 0.153 e. The van der Waals surface area contributed by atoms with Gasteiger partial charge in [0.15, 0.2) is 5.78 Å². The lowest BCUT2D eigenvalue weighted by molar-refractivity contribution is -0.127. The molecule has 1 rings (SSSR count). The van der Waals surface area contributed by atoms with Crippen LogP contribution in [0.25, 0.3) is 0 Å². The highest BCUT2D eigenvalue weighted by molar-refractivity contribution is 5.86. The number of hydrogen-bond donors (Lipinski definition) is 0. The van der Waals surface area contributed by atoms with Gasteiger partial charge < -0.3 is 0 Å². The second-order valence-electron chi connectivity index (χ2n) is 6.46. The van der Waals surface area contributed by atoms with E-state index in [1.807, 2.05) is 13.8 Å². The first kappa shape index (κ1) is 15.4. The molecule has 1 heterocycles. The van der Waals surface area contributed by atoms with Crippen LogP contribution in [0.15, 0.2) is 12.2 Å². The van der Waals surface area contributed by atoms with Crippen molar-refractivity contribution >= 4 is 5.78 Å². The van der Waals surface area contributed by atoms with E-state index < -0.39 is 0 Å². The molecule has 1 saturated heterocycles. The zero-order chi connectivity index (χ0) is 14.0. The second kappa shape index (κ2) is 6.01. The fourth-order valence-electron chi connectivity index (χ4n) is 2.92. The number of Topliss-reactive ketones (excluding diaryl/α,β-unsaturated/α-hetero) is 1. The maximum absolute atomic E-state index is 12.5. The first-order valence-corrected chi connectivity index (χ1v) is 7.25. The Hall–Kier alpha value is -0.630. The van der Waals surface area contributed by atoms with Crippen LogP contribution in [0.1, 0.15) is 48.0 Å². The number of likely N-dealkylation sites (tertiary alicyclic amines) is 1. The van der Waals surface area contributed by atoms with Crippen LogP contribution >= 0.6 is 0 Å². The van der Waals surface area contributed by atoms with Crippen molar-refractivity contribution in [2.45, 2.75) is 60.0 Å². The molecule has 2 nitrogen and oxygen atoms in total. The van der Waals surface area contributed by atoms with Crippen molar-refractivity contribution in [1.82, 2.24) is 4.90 Å². The normalized spacial score (nSPS) is 25.4. The van der Waals surface area contributed by atoms with Crippen molar-refractivity contribution < 1.29 is 4.79 Å². The lowest BCUT2D eigenvalue weighted by atomic mass is 9.82. The summed E-state index contributed by atoms with van der Waals surface area (Å²) in [5.41, 5.74) is 1.25. The third-order valence-electron chi connectivity index (χ3n) is 4.18. The van der Waals surface area contributed by atoms with Crippen LogP contribution in [0.4, 0.5) is 0 Å². The summed E-state index contributed by atoms with van der Waals surface area (Å²) in [6.45, 7) is 18.0. The van der Waals surface area contributed by atoms with E-state index in [1.165, 1.54) is 5.57 Å². The van der Waals surface area contributed by atoms with Gasteiger partial charge in [-0.2, -0.15) is 0 Å². The molecule has 1 fully saturated rings. The molecule has 1 aliphatic rings. The van der Waals surface area contributed by atoms with Gasteiger partial charge in [-0.15, -0.1) is 0 Å². The topological polar surface area (TPSA) is 20.3 Å². The minimum Gasteiger partial charge on any atom is -0.298 e. The first-order chi connectivity index (χ1) is 8.27. The summed E-state index contributed by atoms with van der Waals surface area (Å²) in [5, 5.41) is 0. The van der Waals surface area contributed by atoms with E-state index in [-0.39, 0.29) is 12.0 Å². The van der Waals surface area contributed by atoms with Gasteiger partial charge in [0.2, 0.25) is 0 Å². The second-order valence-corrected chi connectivity index (χ2v) is 6.46. The summed E-state index contributed by atoms with van der Waals surface area (Å²) < 4.78 is 0. The number of carbonyl (C=O) groups excluding carboxylic acids is 1. The zero-order valence-electron chi connectivity index (χ0n) is 12.9. The van der Waals surface area contributed by atoms with Crippen molar-refractivity contribution in [3.05, 3.63) is 12.2 Å². The Kier molecular flexibility index (Phi) is 5.15. The Morgan fingerprint density at radius 1 is 1.11 bits per heavy atom. The molecule has 18 heavy (non-hydrogen) atoms. The van der Waals surface area contributed by atoms with E-state index in [4.69, 9.17) is 0 Å².